The van der Waals surface area contributed by atoms with Crippen molar-refractivity contribution >= 4 is 40.0 Å². The predicted octanol–water partition coefficient (Wildman–Crippen LogP) is 2.89. The molecule has 0 radical (unpaired) electrons. The number of benzene rings is 2. The topological polar surface area (TPSA) is 53.5 Å². The van der Waals surface area contributed by atoms with Gasteiger partial charge in [0.1, 0.15) is 5.84 Å². The van der Waals surface area contributed by atoms with Crippen molar-refractivity contribution in [3.63, 3.8) is 0 Å². The fraction of sp³-hybridized carbons (Fsp3) is 0.125. The summed E-state index contributed by atoms with van der Waals surface area (Å²) in [6.07, 6.45) is 0. The van der Waals surface area contributed by atoms with Crippen LogP contribution in [-0.2, 0) is 0 Å². The molecule has 0 bridgehead atoms. The van der Waals surface area contributed by atoms with Gasteiger partial charge < -0.3 is 10.6 Å². The summed E-state index contributed by atoms with van der Waals surface area (Å²) in [5.41, 5.74) is 2.51. The Kier molecular flexibility index (Phi) is 4.19. The van der Waals surface area contributed by atoms with Crippen LogP contribution in [0.1, 0.15) is 15.9 Å². The highest BCUT2D eigenvalue weighted by Crippen LogP contribution is 2.15. The molecule has 0 atom stereocenters. The molecule has 0 aromatic heterocycles. The molecule has 1 aliphatic rings. The van der Waals surface area contributed by atoms with E-state index in [-0.39, 0.29) is 5.91 Å². The Morgan fingerprint density at radius 1 is 1.14 bits per heavy atom. The second-order valence-electron chi connectivity index (χ2n) is 4.67. The third-order valence-corrected chi connectivity index (χ3v) is 4.15. The summed E-state index contributed by atoms with van der Waals surface area (Å²) in [6.45, 7) is 1.71. The Morgan fingerprint density at radius 3 is 2.57 bits per heavy atom. The quantitative estimate of drug-likeness (QED) is 0.791. The van der Waals surface area contributed by atoms with Gasteiger partial charge in [0.15, 0.2) is 0 Å². The van der Waals surface area contributed by atoms with Crippen molar-refractivity contribution in [3.8, 4) is 0 Å². The van der Waals surface area contributed by atoms with Gasteiger partial charge in [-0.25, -0.2) is 0 Å². The van der Waals surface area contributed by atoms with Crippen molar-refractivity contribution in [2.75, 3.05) is 18.4 Å². The maximum Gasteiger partial charge on any atom is 0.256 e. The number of hydrogen-bond acceptors (Lipinski definition) is 3. The number of aliphatic imine (C=N–C) groups is 1. The summed E-state index contributed by atoms with van der Waals surface area (Å²) >= 11 is 2.16. The number of rotatable bonds is 3. The lowest BCUT2D eigenvalue weighted by molar-refractivity contribution is 0.102. The van der Waals surface area contributed by atoms with Crippen molar-refractivity contribution in [2.45, 2.75) is 0 Å². The molecular weight excluding hydrogens is 377 g/mol. The van der Waals surface area contributed by atoms with Gasteiger partial charge in [0.2, 0.25) is 0 Å². The molecule has 106 valence electrons. The number of nitrogens with zero attached hydrogens (tertiary/aromatic N) is 1. The SMILES string of the molecule is O=C(Nc1ccc(C2=NCCN2)cc1)c1ccccc1I. The third-order valence-electron chi connectivity index (χ3n) is 3.21. The minimum atomic E-state index is -0.0934. The first-order chi connectivity index (χ1) is 10.2. The van der Waals surface area contributed by atoms with Gasteiger partial charge in [-0.05, 0) is 59.0 Å². The van der Waals surface area contributed by atoms with E-state index < -0.39 is 0 Å². The molecular formula is C16H14IN3O. The normalized spacial score (nSPS) is 13.5. The summed E-state index contributed by atoms with van der Waals surface area (Å²) < 4.78 is 0.939. The summed E-state index contributed by atoms with van der Waals surface area (Å²) in [7, 11) is 0. The van der Waals surface area contributed by atoms with Gasteiger partial charge in [0.05, 0.1) is 12.1 Å². The lowest BCUT2D eigenvalue weighted by Gasteiger charge is -2.08. The van der Waals surface area contributed by atoms with Gasteiger partial charge in [0, 0.05) is 21.4 Å². The first-order valence-corrected chi connectivity index (χ1v) is 7.76. The predicted molar refractivity (Wildman–Crippen MR) is 93.0 cm³/mol. The van der Waals surface area contributed by atoms with E-state index in [4.69, 9.17) is 0 Å². The van der Waals surface area contributed by atoms with Gasteiger partial charge >= 0.3 is 0 Å². The molecule has 0 unspecified atom stereocenters. The largest absolute Gasteiger partial charge is 0.368 e. The van der Waals surface area contributed by atoms with E-state index in [0.717, 1.165) is 33.7 Å². The Labute approximate surface area is 136 Å². The van der Waals surface area contributed by atoms with Gasteiger partial charge in [-0.15, -0.1) is 0 Å². The molecule has 1 aliphatic heterocycles. The van der Waals surface area contributed by atoms with Crippen LogP contribution in [0.5, 0.6) is 0 Å². The standard InChI is InChI=1S/C16H14IN3O/c17-14-4-2-1-3-13(14)16(21)20-12-7-5-11(6-8-12)15-18-9-10-19-15/h1-8H,9-10H2,(H,18,19)(H,20,21). The van der Waals surface area contributed by atoms with Crippen LogP contribution in [0.15, 0.2) is 53.5 Å². The molecule has 1 heterocycles. The number of carbonyl (C=O) groups is 1. The smallest absolute Gasteiger partial charge is 0.256 e. The Bertz CT molecular complexity index is 695. The molecule has 1 amide bonds. The number of carbonyl (C=O) groups excluding carboxylic acids is 1. The average Bonchev–Trinajstić information content (AvgIpc) is 3.02. The average molecular weight is 391 g/mol. The Balaban J connectivity index is 1.73. The van der Waals surface area contributed by atoms with E-state index in [9.17, 15) is 4.79 Å². The maximum atomic E-state index is 12.2. The van der Waals surface area contributed by atoms with E-state index in [1.807, 2.05) is 48.5 Å². The number of anilines is 1. The molecule has 0 saturated heterocycles. The van der Waals surface area contributed by atoms with Crippen LogP contribution in [0.25, 0.3) is 0 Å². The van der Waals surface area contributed by atoms with Gasteiger partial charge in [-0.2, -0.15) is 0 Å². The van der Waals surface area contributed by atoms with E-state index in [2.05, 4.69) is 38.2 Å². The number of amides is 1. The Morgan fingerprint density at radius 2 is 1.90 bits per heavy atom. The zero-order chi connectivity index (χ0) is 14.7. The lowest BCUT2D eigenvalue weighted by Crippen LogP contribution is -2.19. The molecule has 2 aromatic carbocycles. The fourth-order valence-electron chi connectivity index (χ4n) is 2.15. The molecule has 0 aliphatic carbocycles. The van der Waals surface area contributed by atoms with Crippen molar-refractivity contribution in [1.82, 2.24) is 5.32 Å². The molecule has 2 aromatic rings. The Hall–Kier alpha value is -1.89. The van der Waals surface area contributed by atoms with E-state index in [0.29, 0.717) is 5.56 Å². The summed E-state index contributed by atoms with van der Waals surface area (Å²) in [4.78, 5) is 16.6. The molecule has 21 heavy (non-hydrogen) atoms. The molecule has 0 spiro atoms. The third kappa shape index (κ3) is 3.24. The van der Waals surface area contributed by atoms with Crippen LogP contribution in [0.4, 0.5) is 5.69 Å². The molecule has 5 heteroatoms. The first kappa shape index (κ1) is 14.1. The van der Waals surface area contributed by atoms with Crippen LogP contribution in [-0.4, -0.2) is 24.8 Å². The fourth-order valence-corrected chi connectivity index (χ4v) is 2.78. The van der Waals surface area contributed by atoms with Crippen molar-refractivity contribution in [1.29, 1.82) is 0 Å². The van der Waals surface area contributed by atoms with Crippen molar-refractivity contribution in [2.24, 2.45) is 4.99 Å². The van der Waals surface area contributed by atoms with Crippen molar-refractivity contribution in [3.05, 3.63) is 63.2 Å². The molecule has 2 N–H and O–H groups in total. The molecule has 3 rings (SSSR count). The minimum absolute atomic E-state index is 0.0934. The number of nitrogens with one attached hydrogen (secondary N) is 2. The van der Waals surface area contributed by atoms with Gasteiger partial charge in [-0.3, -0.25) is 9.79 Å². The van der Waals surface area contributed by atoms with Crippen LogP contribution >= 0.6 is 22.6 Å². The van der Waals surface area contributed by atoms with Gasteiger partial charge in [0.25, 0.3) is 5.91 Å². The zero-order valence-electron chi connectivity index (χ0n) is 11.3. The maximum absolute atomic E-state index is 12.2. The van der Waals surface area contributed by atoms with Crippen LogP contribution in [0, 0.1) is 3.57 Å². The molecule has 0 fully saturated rings. The number of hydrogen-bond donors (Lipinski definition) is 2. The summed E-state index contributed by atoms with van der Waals surface area (Å²) in [5.74, 6) is 0.828. The highest BCUT2D eigenvalue weighted by atomic mass is 127. The highest BCUT2D eigenvalue weighted by molar-refractivity contribution is 14.1. The monoisotopic (exact) mass is 391 g/mol. The van der Waals surface area contributed by atoms with Crippen LogP contribution in [0.2, 0.25) is 0 Å². The minimum Gasteiger partial charge on any atom is -0.368 e. The first-order valence-electron chi connectivity index (χ1n) is 6.69. The highest BCUT2D eigenvalue weighted by Gasteiger charge is 2.10. The van der Waals surface area contributed by atoms with Gasteiger partial charge in [-0.1, -0.05) is 12.1 Å². The summed E-state index contributed by atoms with van der Waals surface area (Å²) in [6, 6.07) is 15.2. The van der Waals surface area contributed by atoms with Crippen LogP contribution < -0.4 is 10.6 Å². The van der Waals surface area contributed by atoms with E-state index in [1.165, 1.54) is 0 Å². The molecule has 4 nitrogen and oxygen atoms in total. The number of amidine groups is 1. The second-order valence-corrected chi connectivity index (χ2v) is 5.83. The van der Waals surface area contributed by atoms with E-state index in [1.54, 1.807) is 0 Å². The second kappa shape index (κ2) is 6.26. The van der Waals surface area contributed by atoms with Crippen molar-refractivity contribution < 1.29 is 4.79 Å². The molecule has 0 saturated carbocycles. The lowest BCUT2D eigenvalue weighted by atomic mass is 10.1. The van der Waals surface area contributed by atoms with E-state index >= 15 is 0 Å². The number of halogens is 1. The van der Waals surface area contributed by atoms with Crippen LogP contribution in [0.3, 0.4) is 0 Å². The zero-order valence-corrected chi connectivity index (χ0v) is 13.4. The summed E-state index contributed by atoms with van der Waals surface area (Å²) in [5, 5.41) is 6.14.